The SMILES string of the molecule is CCNC(=NCc1cccnc1OCC)N1CCC(C)C(n2ccnc2)C1. The third kappa shape index (κ3) is 4.78. The summed E-state index contributed by atoms with van der Waals surface area (Å²) in [5, 5.41) is 3.44. The van der Waals surface area contributed by atoms with Gasteiger partial charge in [-0.25, -0.2) is 15.0 Å². The monoisotopic (exact) mass is 370 g/mol. The highest BCUT2D eigenvalue weighted by Gasteiger charge is 2.28. The van der Waals surface area contributed by atoms with Gasteiger partial charge in [0.1, 0.15) is 0 Å². The lowest BCUT2D eigenvalue weighted by Gasteiger charge is -2.39. The molecule has 2 aromatic rings. The largest absolute Gasteiger partial charge is 0.478 e. The first-order valence-corrected chi connectivity index (χ1v) is 9.80. The molecule has 1 N–H and O–H groups in total. The van der Waals surface area contributed by atoms with E-state index < -0.39 is 0 Å². The van der Waals surface area contributed by atoms with Crippen molar-refractivity contribution in [3.8, 4) is 5.88 Å². The summed E-state index contributed by atoms with van der Waals surface area (Å²) in [7, 11) is 0. The van der Waals surface area contributed by atoms with E-state index in [1.807, 2.05) is 31.6 Å². The summed E-state index contributed by atoms with van der Waals surface area (Å²) < 4.78 is 7.85. The highest BCUT2D eigenvalue weighted by atomic mass is 16.5. The van der Waals surface area contributed by atoms with Gasteiger partial charge in [0, 0.05) is 43.8 Å². The molecule has 0 radical (unpaired) electrons. The topological polar surface area (TPSA) is 67.6 Å². The van der Waals surface area contributed by atoms with Crippen molar-refractivity contribution in [2.75, 3.05) is 26.2 Å². The Labute approximate surface area is 161 Å². The van der Waals surface area contributed by atoms with E-state index in [4.69, 9.17) is 9.73 Å². The van der Waals surface area contributed by atoms with E-state index >= 15 is 0 Å². The molecule has 146 valence electrons. The molecule has 1 aliphatic rings. The van der Waals surface area contributed by atoms with Gasteiger partial charge in [0.15, 0.2) is 5.96 Å². The molecule has 2 aromatic heterocycles. The molecule has 1 saturated heterocycles. The van der Waals surface area contributed by atoms with Crippen LogP contribution in [0.15, 0.2) is 42.0 Å². The normalized spacial score (nSPS) is 20.6. The van der Waals surface area contributed by atoms with Gasteiger partial charge >= 0.3 is 0 Å². The van der Waals surface area contributed by atoms with Crippen LogP contribution >= 0.6 is 0 Å². The van der Waals surface area contributed by atoms with E-state index in [0.717, 1.165) is 37.6 Å². The van der Waals surface area contributed by atoms with Crippen LogP contribution in [0.4, 0.5) is 0 Å². The van der Waals surface area contributed by atoms with Gasteiger partial charge < -0.3 is 19.5 Å². The van der Waals surface area contributed by atoms with Gasteiger partial charge in [0.25, 0.3) is 0 Å². The van der Waals surface area contributed by atoms with E-state index in [-0.39, 0.29) is 0 Å². The molecule has 0 saturated carbocycles. The first-order valence-electron chi connectivity index (χ1n) is 9.80. The Morgan fingerprint density at radius 2 is 2.26 bits per heavy atom. The first-order chi connectivity index (χ1) is 13.2. The minimum Gasteiger partial charge on any atom is -0.478 e. The fourth-order valence-electron chi connectivity index (χ4n) is 3.49. The maximum atomic E-state index is 5.63. The number of nitrogens with zero attached hydrogens (tertiary/aromatic N) is 5. The second kappa shape index (κ2) is 9.39. The molecule has 0 aliphatic carbocycles. The van der Waals surface area contributed by atoms with Crippen LogP contribution < -0.4 is 10.1 Å². The Balaban J connectivity index is 1.75. The average Bonchev–Trinajstić information content (AvgIpc) is 3.21. The number of ether oxygens (including phenoxy) is 1. The number of rotatable bonds is 6. The summed E-state index contributed by atoms with van der Waals surface area (Å²) in [5.74, 6) is 2.23. The third-order valence-electron chi connectivity index (χ3n) is 4.99. The zero-order valence-corrected chi connectivity index (χ0v) is 16.5. The van der Waals surface area contributed by atoms with Gasteiger partial charge in [-0.2, -0.15) is 0 Å². The zero-order chi connectivity index (χ0) is 19.1. The van der Waals surface area contributed by atoms with E-state index in [2.05, 4.69) is 44.8 Å². The summed E-state index contributed by atoms with van der Waals surface area (Å²) in [6, 6.07) is 4.36. The Hall–Kier alpha value is -2.57. The summed E-state index contributed by atoms with van der Waals surface area (Å²) in [6.45, 7) is 10.3. The molecule has 27 heavy (non-hydrogen) atoms. The van der Waals surface area contributed by atoms with Crippen molar-refractivity contribution in [3.05, 3.63) is 42.6 Å². The predicted molar refractivity (Wildman–Crippen MR) is 107 cm³/mol. The number of guanidine groups is 1. The smallest absolute Gasteiger partial charge is 0.218 e. The number of likely N-dealkylation sites (tertiary alicyclic amines) is 1. The first kappa shape index (κ1) is 19.2. The van der Waals surface area contributed by atoms with Gasteiger partial charge in [0.05, 0.1) is 25.5 Å². The van der Waals surface area contributed by atoms with Crippen molar-refractivity contribution in [2.24, 2.45) is 10.9 Å². The number of imidazole rings is 1. The fourth-order valence-corrected chi connectivity index (χ4v) is 3.49. The lowest BCUT2D eigenvalue weighted by molar-refractivity contribution is 0.189. The third-order valence-corrected chi connectivity index (χ3v) is 4.99. The Kier molecular flexibility index (Phi) is 6.68. The van der Waals surface area contributed by atoms with Crippen LogP contribution in [0.2, 0.25) is 0 Å². The lowest BCUT2D eigenvalue weighted by Crippen LogP contribution is -2.49. The van der Waals surface area contributed by atoms with Gasteiger partial charge in [-0.3, -0.25) is 0 Å². The maximum Gasteiger partial charge on any atom is 0.218 e. The number of aromatic nitrogens is 3. The van der Waals surface area contributed by atoms with Gasteiger partial charge in [-0.15, -0.1) is 0 Å². The maximum absolute atomic E-state index is 5.63. The number of aliphatic imine (C=N–C) groups is 1. The molecule has 1 aliphatic heterocycles. The molecule has 0 amide bonds. The lowest BCUT2D eigenvalue weighted by atomic mass is 9.93. The summed E-state index contributed by atoms with van der Waals surface area (Å²) in [4.78, 5) is 15.8. The molecular formula is C20H30N6O. The van der Waals surface area contributed by atoms with Crippen molar-refractivity contribution in [1.82, 2.24) is 24.8 Å². The van der Waals surface area contributed by atoms with E-state index in [1.54, 1.807) is 6.20 Å². The van der Waals surface area contributed by atoms with Crippen LogP contribution in [0.1, 0.15) is 38.8 Å². The van der Waals surface area contributed by atoms with Crippen LogP contribution in [0.25, 0.3) is 0 Å². The minimum absolute atomic E-state index is 0.405. The van der Waals surface area contributed by atoms with Crippen LogP contribution in [-0.4, -0.2) is 51.6 Å². The highest BCUT2D eigenvalue weighted by molar-refractivity contribution is 5.80. The molecule has 1 fully saturated rings. The average molecular weight is 371 g/mol. The van der Waals surface area contributed by atoms with E-state index in [9.17, 15) is 0 Å². The number of hydrogen-bond donors (Lipinski definition) is 1. The zero-order valence-electron chi connectivity index (χ0n) is 16.5. The molecule has 0 bridgehead atoms. The van der Waals surface area contributed by atoms with E-state index in [1.165, 1.54) is 0 Å². The minimum atomic E-state index is 0.405. The summed E-state index contributed by atoms with van der Waals surface area (Å²) >= 11 is 0. The molecule has 2 atom stereocenters. The summed E-state index contributed by atoms with van der Waals surface area (Å²) in [6.07, 6.45) is 8.70. The molecule has 7 heteroatoms. The standard InChI is InChI=1S/C20H30N6O/c1-4-22-20(24-13-17-7-6-9-23-19(17)27-5-2)25-11-8-16(3)18(14-25)26-12-10-21-15-26/h6-7,9-10,12,15-16,18H,4-5,8,11,13-14H2,1-3H3,(H,22,24). The summed E-state index contributed by atoms with van der Waals surface area (Å²) in [5.41, 5.74) is 1.01. The highest BCUT2D eigenvalue weighted by Crippen LogP contribution is 2.27. The molecule has 7 nitrogen and oxygen atoms in total. The quantitative estimate of drug-likeness (QED) is 0.625. The van der Waals surface area contributed by atoms with Crippen molar-refractivity contribution in [1.29, 1.82) is 0 Å². The van der Waals surface area contributed by atoms with Crippen molar-refractivity contribution >= 4 is 5.96 Å². The van der Waals surface area contributed by atoms with Crippen molar-refractivity contribution in [3.63, 3.8) is 0 Å². The second-order valence-corrected chi connectivity index (χ2v) is 6.86. The Bertz CT molecular complexity index is 730. The second-order valence-electron chi connectivity index (χ2n) is 6.86. The fraction of sp³-hybridized carbons (Fsp3) is 0.550. The van der Waals surface area contributed by atoms with Gasteiger partial charge in [-0.05, 0) is 32.3 Å². The predicted octanol–water partition coefficient (Wildman–Crippen LogP) is 2.73. The number of pyridine rings is 1. The van der Waals surface area contributed by atoms with Crippen LogP contribution in [0, 0.1) is 5.92 Å². The number of nitrogens with one attached hydrogen (secondary N) is 1. The molecular weight excluding hydrogens is 340 g/mol. The Morgan fingerprint density at radius 3 is 3.00 bits per heavy atom. The van der Waals surface area contributed by atoms with Crippen LogP contribution in [-0.2, 0) is 6.54 Å². The molecule has 3 rings (SSSR count). The van der Waals surface area contributed by atoms with Crippen molar-refractivity contribution < 1.29 is 4.74 Å². The van der Waals surface area contributed by atoms with Crippen molar-refractivity contribution in [2.45, 2.75) is 39.8 Å². The van der Waals surface area contributed by atoms with Crippen LogP contribution in [0.5, 0.6) is 5.88 Å². The molecule has 0 spiro atoms. The van der Waals surface area contributed by atoms with Gasteiger partial charge in [0.2, 0.25) is 5.88 Å². The number of hydrogen-bond acceptors (Lipinski definition) is 4. The molecule has 3 heterocycles. The molecule has 0 aromatic carbocycles. The van der Waals surface area contributed by atoms with Gasteiger partial charge in [-0.1, -0.05) is 13.0 Å². The number of piperidine rings is 1. The molecule has 2 unspecified atom stereocenters. The van der Waals surface area contributed by atoms with E-state index in [0.29, 0.717) is 31.0 Å². The van der Waals surface area contributed by atoms with Crippen LogP contribution in [0.3, 0.4) is 0 Å². The Morgan fingerprint density at radius 1 is 1.37 bits per heavy atom.